The molecule has 0 fully saturated rings. The predicted octanol–water partition coefficient (Wildman–Crippen LogP) is -3.64. The minimum atomic E-state index is 0. The Bertz CT molecular complexity index is 30.2. The zero-order chi connectivity index (χ0) is 5.54. The maximum atomic E-state index is 2.29. The van der Waals surface area contributed by atoms with Crippen molar-refractivity contribution < 1.29 is 48.0 Å². The van der Waals surface area contributed by atoms with Gasteiger partial charge in [-0.3, -0.25) is 0 Å². The Balaban J connectivity index is -0.000000180. The standard InChI is InChI=1S/2C3H7.2HI.Sn/c2*1-3-2;;;/h2*1,3H2,2H3;2*1H;/q;;;;+2/p-2. The number of hydrogen-bond acceptors (Lipinski definition) is 0. The molecule has 0 aliphatic rings. The minimum absolute atomic E-state index is 0. The van der Waals surface area contributed by atoms with Crippen molar-refractivity contribution in [2.75, 3.05) is 0 Å². The summed E-state index contributed by atoms with van der Waals surface area (Å²) < 4.78 is 3.19. The van der Waals surface area contributed by atoms with E-state index in [1.165, 1.54) is 12.8 Å². The average molecular weight is 459 g/mol. The smallest absolute Gasteiger partial charge is 1.00 e. The van der Waals surface area contributed by atoms with Gasteiger partial charge in [-0.05, 0) is 0 Å². The van der Waals surface area contributed by atoms with Gasteiger partial charge >= 0.3 is 56.7 Å². The molecule has 0 heterocycles. The van der Waals surface area contributed by atoms with Crippen LogP contribution in [0.25, 0.3) is 0 Å². The van der Waals surface area contributed by atoms with Gasteiger partial charge in [0.25, 0.3) is 0 Å². The van der Waals surface area contributed by atoms with E-state index in [4.69, 9.17) is 0 Å². The van der Waals surface area contributed by atoms with Crippen LogP contribution in [0.4, 0.5) is 0 Å². The number of rotatable bonds is 4. The van der Waals surface area contributed by atoms with Gasteiger partial charge in [-0.2, -0.15) is 0 Å². The van der Waals surface area contributed by atoms with E-state index in [2.05, 4.69) is 13.8 Å². The molecule has 0 saturated carbocycles. The second-order valence-electron chi connectivity index (χ2n) is 1.75. The molecular formula is C6H14I2Sn. The molecule has 0 nitrogen and oxygen atoms in total. The zero-order valence-corrected chi connectivity index (χ0v) is 13.3. The van der Waals surface area contributed by atoms with Crippen LogP contribution in [0.5, 0.6) is 0 Å². The third-order valence-corrected chi connectivity index (χ3v) is 5.73. The van der Waals surface area contributed by atoms with Gasteiger partial charge in [0, 0.05) is 0 Å². The van der Waals surface area contributed by atoms with Gasteiger partial charge in [0.05, 0.1) is 0 Å². The van der Waals surface area contributed by atoms with E-state index >= 15 is 0 Å². The molecule has 0 aromatic carbocycles. The summed E-state index contributed by atoms with van der Waals surface area (Å²) in [6, 6.07) is 0. The van der Waals surface area contributed by atoms with E-state index in [0.717, 1.165) is 0 Å². The van der Waals surface area contributed by atoms with Crippen molar-refractivity contribution in [3.8, 4) is 0 Å². The predicted molar refractivity (Wildman–Crippen MR) is 35.9 cm³/mol. The normalized spacial score (nSPS) is 6.44. The van der Waals surface area contributed by atoms with E-state index in [-0.39, 0.29) is 69.1 Å². The van der Waals surface area contributed by atoms with Crippen molar-refractivity contribution in [2.45, 2.75) is 35.6 Å². The van der Waals surface area contributed by atoms with Crippen LogP contribution in [0, 0.1) is 0 Å². The van der Waals surface area contributed by atoms with Gasteiger partial charge in [0.1, 0.15) is 0 Å². The maximum Gasteiger partial charge on any atom is -1.00 e. The molecule has 9 heavy (non-hydrogen) atoms. The summed E-state index contributed by atoms with van der Waals surface area (Å²) in [6.07, 6.45) is 2.87. The number of halogens is 2. The number of hydrogen-bond donors (Lipinski definition) is 0. The summed E-state index contributed by atoms with van der Waals surface area (Å²) in [5.41, 5.74) is 0. The molecule has 0 radical (unpaired) electrons. The van der Waals surface area contributed by atoms with Gasteiger partial charge in [-0.25, -0.2) is 0 Å². The van der Waals surface area contributed by atoms with Crippen molar-refractivity contribution >= 4 is 21.1 Å². The Kier molecular flexibility index (Phi) is 32.2. The maximum absolute atomic E-state index is 2.29. The molecule has 0 aromatic heterocycles. The molecule has 0 atom stereocenters. The fraction of sp³-hybridized carbons (Fsp3) is 1.00. The molecule has 0 bridgehead atoms. The largest absolute Gasteiger partial charge is 1.00 e. The molecule has 0 saturated heterocycles. The fourth-order valence-corrected chi connectivity index (χ4v) is 3.21. The third kappa shape index (κ3) is 17.9. The topological polar surface area (TPSA) is 0 Å². The van der Waals surface area contributed by atoms with E-state index in [9.17, 15) is 0 Å². The van der Waals surface area contributed by atoms with Crippen molar-refractivity contribution in [3.63, 3.8) is 0 Å². The quantitative estimate of drug-likeness (QED) is 0.232. The van der Waals surface area contributed by atoms with Gasteiger partial charge in [-0.15, -0.1) is 0 Å². The summed E-state index contributed by atoms with van der Waals surface area (Å²) in [5, 5.41) is 0. The van der Waals surface area contributed by atoms with Crippen LogP contribution in [-0.4, -0.2) is 21.1 Å². The van der Waals surface area contributed by atoms with Crippen molar-refractivity contribution in [2.24, 2.45) is 0 Å². The summed E-state index contributed by atoms with van der Waals surface area (Å²) in [6.45, 7) is 4.58. The van der Waals surface area contributed by atoms with Crippen molar-refractivity contribution in [1.82, 2.24) is 0 Å². The molecule has 56 valence electrons. The fourth-order valence-electron chi connectivity index (χ4n) is 0.479. The molecule has 0 N–H and O–H groups in total. The molecule has 0 aliphatic carbocycles. The van der Waals surface area contributed by atoms with Gasteiger partial charge in [0.2, 0.25) is 0 Å². The summed E-state index contributed by atoms with van der Waals surface area (Å²) in [5.74, 6) is 0. The summed E-state index contributed by atoms with van der Waals surface area (Å²) in [7, 11) is 0. The van der Waals surface area contributed by atoms with E-state index in [1.807, 2.05) is 0 Å². The minimum Gasteiger partial charge on any atom is -1.00 e. The van der Waals surface area contributed by atoms with E-state index < -0.39 is 0 Å². The second-order valence-corrected chi connectivity index (χ2v) is 6.03. The van der Waals surface area contributed by atoms with Crippen LogP contribution in [0.2, 0.25) is 8.87 Å². The zero-order valence-electron chi connectivity index (χ0n) is 6.08. The Hall–Kier alpha value is 2.26. The molecule has 0 unspecified atom stereocenters. The van der Waals surface area contributed by atoms with Gasteiger partial charge in [-0.1, -0.05) is 0 Å². The average Bonchev–Trinajstić information content (AvgIpc) is 1.69. The molecule has 0 aliphatic heterocycles. The second kappa shape index (κ2) is 16.7. The third-order valence-electron chi connectivity index (χ3n) is 0.854. The van der Waals surface area contributed by atoms with Gasteiger partial charge < -0.3 is 48.0 Å². The monoisotopic (exact) mass is 460 g/mol. The van der Waals surface area contributed by atoms with Crippen LogP contribution in [0.3, 0.4) is 0 Å². The molecule has 0 aromatic rings. The molecule has 0 spiro atoms. The Morgan fingerprint density at radius 2 is 1.22 bits per heavy atom. The molecule has 0 rings (SSSR count). The van der Waals surface area contributed by atoms with E-state index in [0.29, 0.717) is 0 Å². The SMILES string of the molecule is CC[CH2][Sn+2][CH2]CC.[I-].[I-]. The van der Waals surface area contributed by atoms with Crippen LogP contribution in [0.1, 0.15) is 26.7 Å². The van der Waals surface area contributed by atoms with Crippen LogP contribution < -0.4 is 48.0 Å². The Morgan fingerprint density at radius 3 is 1.44 bits per heavy atom. The molecule has 0 amide bonds. The van der Waals surface area contributed by atoms with Crippen LogP contribution in [0.15, 0.2) is 0 Å². The van der Waals surface area contributed by atoms with Gasteiger partial charge in [0.15, 0.2) is 0 Å². The van der Waals surface area contributed by atoms with Crippen LogP contribution in [-0.2, 0) is 0 Å². The first-order chi connectivity index (χ1) is 3.41. The molecular weight excluding hydrogens is 445 g/mol. The summed E-state index contributed by atoms with van der Waals surface area (Å²) >= 11 is 0.181. The van der Waals surface area contributed by atoms with Crippen molar-refractivity contribution in [1.29, 1.82) is 0 Å². The van der Waals surface area contributed by atoms with Crippen molar-refractivity contribution in [3.05, 3.63) is 0 Å². The first-order valence-corrected chi connectivity index (χ1v) is 7.16. The molecule has 3 heteroatoms. The Labute approximate surface area is 103 Å². The first kappa shape index (κ1) is 17.4. The van der Waals surface area contributed by atoms with Crippen LogP contribution >= 0.6 is 0 Å². The summed E-state index contributed by atoms with van der Waals surface area (Å²) in [4.78, 5) is 0. The first-order valence-electron chi connectivity index (χ1n) is 3.12. The Morgan fingerprint density at radius 1 is 0.889 bits per heavy atom. The van der Waals surface area contributed by atoms with E-state index in [1.54, 1.807) is 8.87 Å².